The van der Waals surface area contributed by atoms with Crippen LogP contribution in [0.3, 0.4) is 0 Å². The monoisotopic (exact) mass is 271 g/mol. The van der Waals surface area contributed by atoms with E-state index in [0.717, 1.165) is 39.0 Å². The zero-order valence-corrected chi connectivity index (χ0v) is 12.6. The summed E-state index contributed by atoms with van der Waals surface area (Å²) in [5.74, 6) is 0. The lowest BCUT2D eigenvalue weighted by Gasteiger charge is -2.36. The minimum Gasteiger partial charge on any atom is -0.270 e. The Kier molecular flexibility index (Phi) is 3.57. The van der Waals surface area contributed by atoms with Gasteiger partial charge in [0, 0.05) is 38.3 Å². The molecule has 4 unspecified atom stereocenters. The van der Waals surface area contributed by atoms with E-state index in [4.69, 9.17) is 0 Å². The summed E-state index contributed by atoms with van der Waals surface area (Å²) >= 11 is 0. The van der Waals surface area contributed by atoms with Gasteiger partial charge in [0.15, 0.2) is 0 Å². The molecule has 3 aliphatic heterocycles. The highest BCUT2D eigenvalue weighted by molar-refractivity contribution is 7.57. The Hall–Kier alpha value is 0.110. The van der Waals surface area contributed by atoms with Crippen LogP contribution in [0.15, 0.2) is 0 Å². The fourth-order valence-corrected chi connectivity index (χ4v) is 6.99. The molecule has 0 saturated carbocycles. The fraction of sp³-hybridized carbons (Fsp3) is 1.00. The standard InChI is InChI=1S/C13H26N3OP/c1-3-12-10-15(12)18(17,16-11-13(16)4-2)14-8-6-5-7-9-14/h12-13H,3-11H2,1-2H3. The molecule has 0 aromatic carbocycles. The van der Waals surface area contributed by atoms with Gasteiger partial charge in [-0.05, 0) is 25.7 Å². The molecule has 3 saturated heterocycles. The maximum Gasteiger partial charge on any atom is 0.287 e. The Bertz CT molecular complexity index is 334. The first kappa shape index (κ1) is 13.1. The van der Waals surface area contributed by atoms with Gasteiger partial charge >= 0.3 is 0 Å². The lowest BCUT2D eigenvalue weighted by Crippen LogP contribution is -2.33. The maximum atomic E-state index is 13.6. The Balaban J connectivity index is 1.77. The third kappa shape index (κ3) is 2.07. The van der Waals surface area contributed by atoms with E-state index >= 15 is 0 Å². The highest BCUT2D eigenvalue weighted by Gasteiger charge is 2.59. The molecule has 4 nitrogen and oxygen atoms in total. The van der Waals surface area contributed by atoms with Gasteiger partial charge in [-0.3, -0.25) is 4.57 Å². The molecule has 3 heterocycles. The summed E-state index contributed by atoms with van der Waals surface area (Å²) in [5.41, 5.74) is 0. The number of hydrogen-bond acceptors (Lipinski definition) is 1. The molecule has 0 radical (unpaired) electrons. The topological polar surface area (TPSA) is 26.3 Å². The molecule has 5 heteroatoms. The van der Waals surface area contributed by atoms with Crippen LogP contribution in [0.25, 0.3) is 0 Å². The molecule has 0 spiro atoms. The summed E-state index contributed by atoms with van der Waals surface area (Å²) in [5, 5.41) is 0. The van der Waals surface area contributed by atoms with Crippen LogP contribution >= 0.6 is 7.59 Å². The molecular weight excluding hydrogens is 245 g/mol. The second-order valence-corrected chi connectivity index (χ2v) is 8.52. The third-order valence-electron chi connectivity index (χ3n) is 4.68. The van der Waals surface area contributed by atoms with Crippen molar-refractivity contribution >= 4 is 7.59 Å². The van der Waals surface area contributed by atoms with E-state index in [2.05, 4.69) is 27.9 Å². The molecule has 18 heavy (non-hydrogen) atoms. The molecule has 3 rings (SSSR count). The first-order chi connectivity index (χ1) is 8.71. The van der Waals surface area contributed by atoms with Crippen LogP contribution in [0.2, 0.25) is 0 Å². The van der Waals surface area contributed by atoms with Crippen molar-refractivity contribution in [1.82, 2.24) is 14.0 Å². The van der Waals surface area contributed by atoms with Crippen molar-refractivity contribution in [3.05, 3.63) is 0 Å². The van der Waals surface area contributed by atoms with Gasteiger partial charge in [-0.25, -0.2) is 14.0 Å². The van der Waals surface area contributed by atoms with Crippen molar-refractivity contribution in [2.75, 3.05) is 26.2 Å². The van der Waals surface area contributed by atoms with Crippen molar-refractivity contribution in [2.24, 2.45) is 0 Å². The van der Waals surface area contributed by atoms with Crippen molar-refractivity contribution in [1.29, 1.82) is 0 Å². The van der Waals surface area contributed by atoms with Crippen LogP contribution < -0.4 is 0 Å². The lowest BCUT2D eigenvalue weighted by molar-refractivity contribution is 0.309. The van der Waals surface area contributed by atoms with Crippen LogP contribution in [0.5, 0.6) is 0 Å². The normalized spacial score (nSPS) is 43.4. The smallest absolute Gasteiger partial charge is 0.270 e. The highest BCUT2D eigenvalue weighted by Crippen LogP contribution is 2.67. The van der Waals surface area contributed by atoms with Gasteiger partial charge in [-0.15, -0.1) is 0 Å². The number of piperidine rings is 1. The van der Waals surface area contributed by atoms with E-state index in [1.54, 1.807) is 0 Å². The first-order valence-electron chi connectivity index (χ1n) is 7.61. The lowest BCUT2D eigenvalue weighted by atomic mass is 10.2. The second-order valence-electron chi connectivity index (χ2n) is 5.90. The van der Waals surface area contributed by atoms with E-state index in [9.17, 15) is 4.57 Å². The van der Waals surface area contributed by atoms with Gasteiger partial charge in [0.1, 0.15) is 0 Å². The predicted molar refractivity (Wildman–Crippen MR) is 74.6 cm³/mol. The van der Waals surface area contributed by atoms with Gasteiger partial charge in [-0.1, -0.05) is 20.3 Å². The van der Waals surface area contributed by atoms with Crippen molar-refractivity contribution < 1.29 is 4.57 Å². The summed E-state index contributed by atoms with van der Waals surface area (Å²) in [6.45, 7) is 8.61. The van der Waals surface area contributed by atoms with Crippen molar-refractivity contribution in [3.8, 4) is 0 Å². The summed E-state index contributed by atoms with van der Waals surface area (Å²) in [6, 6.07) is 1.16. The van der Waals surface area contributed by atoms with Gasteiger partial charge in [0.25, 0.3) is 7.59 Å². The van der Waals surface area contributed by atoms with Gasteiger partial charge in [0.2, 0.25) is 0 Å². The quantitative estimate of drug-likeness (QED) is 0.567. The maximum absolute atomic E-state index is 13.6. The number of rotatable bonds is 5. The second kappa shape index (κ2) is 4.90. The van der Waals surface area contributed by atoms with E-state index in [-0.39, 0.29) is 0 Å². The van der Waals surface area contributed by atoms with Gasteiger partial charge in [0.05, 0.1) is 0 Å². The number of hydrogen-bond donors (Lipinski definition) is 0. The first-order valence-corrected chi connectivity index (χ1v) is 9.18. The molecule has 0 aromatic heterocycles. The molecular formula is C13H26N3OP. The largest absolute Gasteiger partial charge is 0.287 e. The van der Waals surface area contributed by atoms with Crippen molar-refractivity contribution in [3.63, 3.8) is 0 Å². The molecule has 0 amide bonds. The summed E-state index contributed by atoms with van der Waals surface area (Å²) in [6.07, 6.45) is 6.04. The molecule has 3 fully saturated rings. The van der Waals surface area contributed by atoms with Crippen LogP contribution in [0.4, 0.5) is 0 Å². The molecule has 0 N–H and O–H groups in total. The van der Waals surface area contributed by atoms with E-state index in [1.165, 1.54) is 19.3 Å². The average Bonchev–Trinajstić information content (AvgIpc) is 3.30. The Labute approximate surface area is 111 Å². The predicted octanol–water partition coefficient (Wildman–Crippen LogP) is 2.77. The molecule has 0 aliphatic carbocycles. The summed E-state index contributed by atoms with van der Waals surface area (Å²) in [4.78, 5) is 0. The van der Waals surface area contributed by atoms with E-state index in [0.29, 0.717) is 12.1 Å². The van der Waals surface area contributed by atoms with E-state index in [1.807, 2.05) is 0 Å². The molecule has 0 bridgehead atoms. The average molecular weight is 271 g/mol. The van der Waals surface area contributed by atoms with Crippen molar-refractivity contribution in [2.45, 2.75) is 58.0 Å². The minimum absolute atomic E-state index is 0.580. The van der Waals surface area contributed by atoms with E-state index < -0.39 is 7.59 Å². The van der Waals surface area contributed by atoms with Crippen LogP contribution in [-0.4, -0.2) is 52.3 Å². The zero-order valence-electron chi connectivity index (χ0n) is 11.7. The highest BCUT2D eigenvalue weighted by atomic mass is 31.2. The Morgan fingerprint density at radius 1 is 0.944 bits per heavy atom. The van der Waals surface area contributed by atoms with Crippen LogP contribution in [0, 0.1) is 0 Å². The van der Waals surface area contributed by atoms with Gasteiger partial charge < -0.3 is 0 Å². The fourth-order valence-electron chi connectivity index (χ4n) is 3.27. The molecule has 3 aliphatic rings. The SMILES string of the molecule is CCC1CN1P(=O)(N1CCCCC1)N1CC1CC. The third-order valence-corrected chi connectivity index (χ3v) is 8.14. The Morgan fingerprint density at radius 3 is 1.83 bits per heavy atom. The van der Waals surface area contributed by atoms with Crippen LogP contribution in [-0.2, 0) is 4.57 Å². The van der Waals surface area contributed by atoms with Crippen LogP contribution in [0.1, 0.15) is 46.0 Å². The summed E-state index contributed by atoms with van der Waals surface area (Å²) < 4.78 is 20.5. The number of nitrogens with zero attached hydrogens (tertiary/aromatic N) is 3. The molecule has 104 valence electrons. The van der Waals surface area contributed by atoms with Gasteiger partial charge in [-0.2, -0.15) is 0 Å². The molecule has 4 atom stereocenters. The minimum atomic E-state index is -2.36. The zero-order chi connectivity index (χ0) is 12.8. The summed E-state index contributed by atoms with van der Waals surface area (Å²) in [7, 11) is -2.36. The molecule has 0 aromatic rings. The Morgan fingerprint density at radius 2 is 1.44 bits per heavy atom.